The lowest BCUT2D eigenvalue weighted by atomic mass is 9.64. The van der Waals surface area contributed by atoms with Crippen molar-refractivity contribution in [3.05, 3.63) is 33.9 Å². The first kappa shape index (κ1) is 20.9. The molecule has 1 saturated carbocycles. The molecular formula is C23H28N4O5. The first-order chi connectivity index (χ1) is 15.3. The van der Waals surface area contributed by atoms with Crippen molar-refractivity contribution < 1.29 is 19.3 Å². The lowest BCUT2D eigenvalue weighted by molar-refractivity contribution is -0.384. The molecule has 0 radical (unpaired) electrons. The summed E-state index contributed by atoms with van der Waals surface area (Å²) in [7, 11) is 0. The van der Waals surface area contributed by atoms with Gasteiger partial charge in [-0.05, 0) is 43.2 Å². The minimum absolute atomic E-state index is 0.0633. The molecule has 1 aromatic rings. The number of carbonyl (C=O) groups excluding carboxylic acids is 3. The van der Waals surface area contributed by atoms with Gasteiger partial charge in [0.2, 0.25) is 11.8 Å². The van der Waals surface area contributed by atoms with Gasteiger partial charge in [0.25, 0.3) is 5.69 Å². The Morgan fingerprint density at radius 2 is 1.88 bits per heavy atom. The van der Waals surface area contributed by atoms with E-state index in [9.17, 15) is 24.5 Å². The van der Waals surface area contributed by atoms with Gasteiger partial charge in [0.15, 0.2) is 5.41 Å². The molecule has 4 amide bonds. The van der Waals surface area contributed by atoms with Gasteiger partial charge in [-0.1, -0.05) is 26.2 Å². The van der Waals surface area contributed by atoms with Crippen molar-refractivity contribution in [3.63, 3.8) is 0 Å². The van der Waals surface area contributed by atoms with Crippen LogP contribution in [-0.4, -0.2) is 46.3 Å². The van der Waals surface area contributed by atoms with Crippen molar-refractivity contribution in [3.8, 4) is 0 Å². The number of imide groups is 2. The fourth-order valence-corrected chi connectivity index (χ4v) is 6.22. The Bertz CT molecular complexity index is 1000. The van der Waals surface area contributed by atoms with Crippen LogP contribution in [0.4, 0.5) is 16.2 Å². The smallest absolute Gasteiger partial charge is 0.331 e. The number of anilines is 1. The summed E-state index contributed by atoms with van der Waals surface area (Å²) in [6, 6.07) is 3.48. The molecule has 32 heavy (non-hydrogen) atoms. The number of rotatable bonds is 2. The summed E-state index contributed by atoms with van der Waals surface area (Å²) < 4.78 is 0. The second-order valence-electron chi connectivity index (χ2n) is 9.78. The van der Waals surface area contributed by atoms with E-state index in [1.807, 2.05) is 0 Å². The van der Waals surface area contributed by atoms with E-state index in [0.29, 0.717) is 24.4 Å². The van der Waals surface area contributed by atoms with Gasteiger partial charge in [0, 0.05) is 36.8 Å². The number of benzene rings is 1. The zero-order chi connectivity index (χ0) is 22.6. The number of nitrogens with zero attached hydrogens (tertiary/aromatic N) is 3. The molecule has 1 aromatic carbocycles. The highest BCUT2D eigenvalue weighted by Crippen LogP contribution is 2.49. The van der Waals surface area contributed by atoms with E-state index in [2.05, 4.69) is 17.1 Å². The van der Waals surface area contributed by atoms with E-state index < -0.39 is 28.2 Å². The Morgan fingerprint density at radius 1 is 1.12 bits per heavy atom. The monoisotopic (exact) mass is 440 g/mol. The zero-order valence-corrected chi connectivity index (χ0v) is 18.2. The van der Waals surface area contributed by atoms with Crippen LogP contribution in [0.1, 0.15) is 57.4 Å². The predicted octanol–water partition coefficient (Wildman–Crippen LogP) is 3.15. The number of barbiturate groups is 1. The number of nitro groups is 1. The van der Waals surface area contributed by atoms with Crippen molar-refractivity contribution in [1.29, 1.82) is 0 Å². The lowest BCUT2D eigenvalue weighted by Crippen LogP contribution is -2.74. The number of piperidine rings is 1. The van der Waals surface area contributed by atoms with Gasteiger partial charge in [-0.3, -0.25) is 29.9 Å². The van der Waals surface area contributed by atoms with Crippen LogP contribution in [0.15, 0.2) is 18.2 Å². The molecule has 3 heterocycles. The van der Waals surface area contributed by atoms with Crippen molar-refractivity contribution in [2.45, 2.75) is 70.4 Å². The van der Waals surface area contributed by atoms with E-state index in [1.165, 1.54) is 17.0 Å². The molecule has 0 unspecified atom stereocenters. The molecule has 9 nitrogen and oxygen atoms in total. The van der Waals surface area contributed by atoms with Crippen molar-refractivity contribution in [1.82, 2.24) is 10.2 Å². The Labute approximate surface area is 186 Å². The maximum Gasteiger partial charge on any atom is 0.331 e. The van der Waals surface area contributed by atoms with E-state index in [4.69, 9.17) is 0 Å². The minimum Gasteiger partial charge on any atom is -0.367 e. The SMILES string of the molecule is C[C@@H]1CCN2c3ccc([N+](=O)[O-])cc3C[C@@]3(C(=O)NC(=O)N(C4CCCCC4)C3=O)[C@H]2C1. The van der Waals surface area contributed by atoms with Crippen LogP contribution in [0.2, 0.25) is 0 Å². The van der Waals surface area contributed by atoms with E-state index in [1.54, 1.807) is 6.07 Å². The maximum absolute atomic E-state index is 14.1. The van der Waals surface area contributed by atoms with Crippen LogP contribution >= 0.6 is 0 Å². The normalized spacial score (nSPS) is 30.7. The fraction of sp³-hybridized carbons (Fsp3) is 0.609. The second kappa shape index (κ2) is 7.56. The summed E-state index contributed by atoms with van der Waals surface area (Å²) in [5.41, 5.74) is -0.0553. The molecule has 1 aliphatic carbocycles. The van der Waals surface area contributed by atoms with Gasteiger partial charge < -0.3 is 4.90 Å². The summed E-state index contributed by atoms with van der Waals surface area (Å²) in [5, 5.41) is 13.9. The highest BCUT2D eigenvalue weighted by atomic mass is 16.6. The Morgan fingerprint density at radius 3 is 2.59 bits per heavy atom. The van der Waals surface area contributed by atoms with Gasteiger partial charge >= 0.3 is 6.03 Å². The molecule has 3 atom stereocenters. The average molecular weight is 441 g/mol. The number of nitrogens with one attached hydrogen (secondary N) is 1. The zero-order valence-electron chi connectivity index (χ0n) is 18.2. The van der Waals surface area contributed by atoms with Gasteiger partial charge in [0.1, 0.15) is 0 Å². The first-order valence-corrected chi connectivity index (χ1v) is 11.6. The number of fused-ring (bicyclic) bond motifs is 4. The van der Waals surface area contributed by atoms with Crippen LogP contribution in [-0.2, 0) is 16.0 Å². The molecule has 3 aliphatic heterocycles. The summed E-state index contributed by atoms with van der Waals surface area (Å²) in [6.07, 6.45) is 6.10. The first-order valence-electron chi connectivity index (χ1n) is 11.6. The Balaban J connectivity index is 1.63. The quantitative estimate of drug-likeness (QED) is 0.429. The van der Waals surface area contributed by atoms with Crippen LogP contribution in [0, 0.1) is 21.4 Å². The lowest BCUT2D eigenvalue weighted by Gasteiger charge is -2.55. The number of nitro benzene ring substituents is 1. The minimum atomic E-state index is -1.46. The van der Waals surface area contributed by atoms with Gasteiger partial charge in [-0.15, -0.1) is 0 Å². The van der Waals surface area contributed by atoms with Crippen molar-refractivity contribution in [2.24, 2.45) is 11.3 Å². The molecule has 1 N–H and O–H groups in total. The molecule has 2 saturated heterocycles. The number of amides is 4. The number of carbonyl (C=O) groups is 3. The largest absolute Gasteiger partial charge is 0.367 e. The third kappa shape index (κ3) is 3.01. The molecule has 0 bridgehead atoms. The van der Waals surface area contributed by atoms with E-state index in [-0.39, 0.29) is 24.2 Å². The third-order valence-corrected chi connectivity index (χ3v) is 7.87. The van der Waals surface area contributed by atoms with E-state index >= 15 is 0 Å². The van der Waals surface area contributed by atoms with Crippen molar-refractivity contribution >= 4 is 29.2 Å². The highest BCUT2D eigenvalue weighted by molar-refractivity contribution is 6.20. The predicted molar refractivity (Wildman–Crippen MR) is 116 cm³/mol. The van der Waals surface area contributed by atoms with Gasteiger partial charge in [0.05, 0.1) is 11.0 Å². The molecule has 1 spiro atoms. The number of hydrogen-bond acceptors (Lipinski definition) is 6. The van der Waals surface area contributed by atoms with Gasteiger partial charge in [-0.2, -0.15) is 0 Å². The molecular weight excluding hydrogens is 412 g/mol. The molecule has 5 rings (SSSR count). The topological polar surface area (TPSA) is 113 Å². The van der Waals surface area contributed by atoms with Crippen molar-refractivity contribution in [2.75, 3.05) is 11.4 Å². The second-order valence-corrected chi connectivity index (χ2v) is 9.78. The standard InChI is InChI=1S/C23H28N4O5/c1-14-9-10-25-18-8-7-17(27(31)32)12-15(18)13-23(19(25)11-14)20(28)24-22(30)26(21(23)29)16-5-3-2-4-6-16/h7-8,12,14,16,19H,2-6,9-11,13H2,1H3,(H,24,28,30)/t14-,19-,23+/m1/s1. The summed E-state index contributed by atoms with van der Waals surface area (Å²) in [4.78, 5) is 54.7. The van der Waals surface area contributed by atoms with Crippen LogP contribution < -0.4 is 10.2 Å². The molecule has 9 heteroatoms. The number of urea groups is 1. The molecule has 4 aliphatic rings. The highest BCUT2D eigenvalue weighted by Gasteiger charge is 2.63. The molecule has 0 aromatic heterocycles. The third-order valence-electron chi connectivity index (χ3n) is 7.87. The average Bonchev–Trinajstić information content (AvgIpc) is 2.77. The molecule has 3 fully saturated rings. The van der Waals surface area contributed by atoms with Crippen LogP contribution in [0.25, 0.3) is 0 Å². The summed E-state index contributed by atoms with van der Waals surface area (Å²) in [5.74, 6) is -0.672. The molecule has 170 valence electrons. The van der Waals surface area contributed by atoms with Crippen LogP contribution in [0.5, 0.6) is 0 Å². The maximum atomic E-state index is 14.1. The Hall–Kier alpha value is -2.97. The summed E-state index contributed by atoms with van der Waals surface area (Å²) >= 11 is 0. The van der Waals surface area contributed by atoms with E-state index in [0.717, 1.165) is 44.2 Å². The van der Waals surface area contributed by atoms with Gasteiger partial charge in [-0.25, -0.2) is 4.79 Å². The van der Waals surface area contributed by atoms with Crippen LogP contribution in [0.3, 0.4) is 0 Å². The number of non-ortho nitro benzene ring substituents is 1. The fourth-order valence-electron chi connectivity index (χ4n) is 6.22. The number of hydrogen-bond donors (Lipinski definition) is 1. The Kier molecular flexibility index (Phi) is 4.94. The summed E-state index contributed by atoms with van der Waals surface area (Å²) in [6.45, 7) is 2.78.